The Kier molecular flexibility index (Phi) is 5.35. The second-order valence-corrected chi connectivity index (χ2v) is 3.80. The van der Waals surface area contributed by atoms with Gasteiger partial charge in [-0.15, -0.1) is 0 Å². The van der Waals surface area contributed by atoms with Crippen LogP contribution in [0.3, 0.4) is 0 Å². The van der Waals surface area contributed by atoms with Crippen LogP contribution < -0.4 is 5.73 Å². The van der Waals surface area contributed by atoms with Crippen LogP contribution in [0.15, 0.2) is 23.9 Å². The smallest absolute Gasteiger partial charge is 0.140 e. The van der Waals surface area contributed by atoms with E-state index in [0.29, 0.717) is 6.42 Å². The normalized spacial score (nSPS) is 12.2. The maximum absolute atomic E-state index is 8.38. The van der Waals surface area contributed by atoms with Crippen molar-refractivity contribution in [3.8, 4) is 0 Å². The number of nitrogens with two attached hydrogens (primary N) is 1. The molecule has 0 aliphatic carbocycles. The Bertz CT molecular complexity index is 309. The van der Waals surface area contributed by atoms with Crippen molar-refractivity contribution < 1.29 is 5.21 Å². The summed E-state index contributed by atoms with van der Waals surface area (Å²) in [6.45, 7) is 2.75. The van der Waals surface area contributed by atoms with Crippen LogP contribution in [0, 0.1) is 0 Å². The zero-order valence-corrected chi connectivity index (χ0v) is 9.58. The third-order valence-electron chi connectivity index (χ3n) is 2.39. The van der Waals surface area contributed by atoms with E-state index in [9.17, 15) is 0 Å². The second-order valence-electron chi connectivity index (χ2n) is 3.80. The lowest BCUT2D eigenvalue weighted by Crippen LogP contribution is -2.26. The van der Waals surface area contributed by atoms with Crippen molar-refractivity contribution in [2.45, 2.75) is 19.4 Å². The lowest BCUT2D eigenvalue weighted by Gasteiger charge is -2.15. The van der Waals surface area contributed by atoms with Crippen LogP contribution >= 0.6 is 0 Å². The molecule has 6 nitrogen and oxygen atoms in total. The van der Waals surface area contributed by atoms with Gasteiger partial charge in [-0.25, -0.2) is 4.98 Å². The molecular weight excluding hydrogens is 206 g/mol. The molecule has 0 saturated carbocycles. The SMILES string of the molecule is CN(CCCn1ccnc1)CCC(N)=NO. The van der Waals surface area contributed by atoms with E-state index in [-0.39, 0.29) is 5.84 Å². The predicted octanol–water partition coefficient (Wildman–Crippen LogP) is 0.341. The van der Waals surface area contributed by atoms with Gasteiger partial charge in [-0.1, -0.05) is 5.16 Å². The number of rotatable bonds is 7. The van der Waals surface area contributed by atoms with E-state index in [1.165, 1.54) is 0 Å². The van der Waals surface area contributed by atoms with Gasteiger partial charge in [0.15, 0.2) is 0 Å². The molecule has 6 heteroatoms. The maximum atomic E-state index is 8.38. The highest BCUT2D eigenvalue weighted by atomic mass is 16.4. The number of aromatic nitrogens is 2. The molecule has 0 aliphatic heterocycles. The molecule has 0 saturated heterocycles. The standard InChI is InChI=1S/C10H19N5O/c1-14(7-3-10(11)13-16)5-2-6-15-8-4-12-9-15/h4,8-9,16H,2-3,5-7H2,1H3,(H2,11,13). The number of hydrogen-bond acceptors (Lipinski definition) is 4. The Labute approximate surface area is 95.4 Å². The van der Waals surface area contributed by atoms with Gasteiger partial charge in [0.1, 0.15) is 5.84 Å². The number of imidazole rings is 1. The van der Waals surface area contributed by atoms with Crippen LogP contribution in [0.25, 0.3) is 0 Å². The minimum Gasteiger partial charge on any atom is -0.409 e. The number of aryl methyl sites for hydroxylation is 1. The lowest BCUT2D eigenvalue weighted by molar-refractivity contribution is 0.308. The van der Waals surface area contributed by atoms with Crippen LogP contribution in [0.5, 0.6) is 0 Å². The first-order valence-corrected chi connectivity index (χ1v) is 5.33. The van der Waals surface area contributed by atoms with Crippen LogP contribution in [0.4, 0.5) is 0 Å². The molecule has 0 fully saturated rings. The predicted molar refractivity (Wildman–Crippen MR) is 62.4 cm³/mol. The van der Waals surface area contributed by atoms with Crippen LogP contribution in [0.1, 0.15) is 12.8 Å². The second kappa shape index (κ2) is 6.84. The fourth-order valence-corrected chi connectivity index (χ4v) is 1.41. The highest BCUT2D eigenvalue weighted by Gasteiger charge is 2.00. The fraction of sp³-hybridized carbons (Fsp3) is 0.600. The molecule has 0 unspecified atom stereocenters. The van der Waals surface area contributed by atoms with Crippen LogP contribution in [0.2, 0.25) is 0 Å². The summed E-state index contributed by atoms with van der Waals surface area (Å²) in [6, 6.07) is 0. The van der Waals surface area contributed by atoms with E-state index in [1.54, 1.807) is 6.20 Å². The van der Waals surface area contributed by atoms with Gasteiger partial charge in [0.05, 0.1) is 6.33 Å². The minimum atomic E-state index is 0.279. The molecule has 1 aromatic heterocycles. The van der Waals surface area contributed by atoms with E-state index in [4.69, 9.17) is 10.9 Å². The highest BCUT2D eigenvalue weighted by molar-refractivity contribution is 5.79. The number of oxime groups is 1. The first-order chi connectivity index (χ1) is 7.72. The Morgan fingerprint density at radius 2 is 2.38 bits per heavy atom. The quantitative estimate of drug-likeness (QED) is 0.303. The number of amidine groups is 1. The van der Waals surface area contributed by atoms with Crippen molar-refractivity contribution in [2.24, 2.45) is 10.9 Å². The van der Waals surface area contributed by atoms with Gasteiger partial charge < -0.3 is 20.4 Å². The first kappa shape index (κ1) is 12.5. The number of nitrogens with zero attached hydrogens (tertiary/aromatic N) is 4. The van der Waals surface area contributed by atoms with Gasteiger partial charge in [-0.05, 0) is 20.0 Å². The summed E-state index contributed by atoms with van der Waals surface area (Å²) in [4.78, 5) is 6.14. The van der Waals surface area contributed by atoms with Crippen molar-refractivity contribution in [3.63, 3.8) is 0 Å². The van der Waals surface area contributed by atoms with Gasteiger partial charge in [0.25, 0.3) is 0 Å². The van der Waals surface area contributed by atoms with E-state index in [2.05, 4.69) is 19.6 Å². The maximum Gasteiger partial charge on any atom is 0.140 e. The van der Waals surface area contributed by atoms with Gasteiger partial charge in [-0.3, -0.25) is 0 Å². The summed E-state index contributed by atoms with van der Waals surface area (Å²) < 4.78 is 2.05. The topological polar surface area (TPSA) is 79.7 Å². The Hall–Kier alpha value is -1.56. The third-order valence-corrected chi connectivity index (χ3v) is 2.39. The van der Waals surface area contributed by atoms with Crippen LogP contribution in [-0.4, -0.2) is 45.6 Å². The van der Waals surface area contributed by atoms with E-state index in [0.717, 1.165) is 26.1 Å². The Balaban J connectivity index is 2.08. The number of hydrogen-bond donors (Lipinski definition) is 2. The summed E-state index contributed by atoms with van der Waals surface area (Å²) in [5.74, 6) is 0.279. The van der Waals surface area contributed by atoms with Crippen molar-refractivity contribution in [3.05, 3.63) is 18.7 Å². The van der Waals surface area contributed by atoms with Gasteiger partial charge >= 0.3 is 0 Å². The van der Waals surface area contributed by atoms with Crippen molar-refractivity contribution in [1.29, 1.82) is 0 Å². The van der Waals surface area contributed by atoms with Gasteiger partial charge in [-0.2, -0.15) is 0 Å². The monoisotopic (exact) mass is 225 g/mol. The Morgan fingerprint density at radius 1 is 1.56 bits per heavy atom. The van der Waals surface area contributed by atoms with Crippen LogP contribution in [-0.2, 0) is 6.54 Å². The summed E-state index contributed by atoms with van der Waals surface area (Å²) in [7, 11) is 2.03. The Morgan fingerprint density at radius 3 is 3.00 bits per heavy atom. The lowest BCUT2D eigenvalue weighted by atomic mass is 10.3. The molecule has 0 aliphatic rings. The largest absolute Gasteiger partial charge is 0.409 e. The molecule has 0 atom stereocenters. The molecule has 1 rings (SSSR count). The molecule has 0 amide bonds. The average Bonchev–Trinajstić information content (AvgIpc) is 2.79. The zero-order valence-electron chi connectivity index (χ0n) is 9.58. The molecule has 0 spiro atoms. The molecular formula is C10H19N5O. The molecule has 0 radical (unpaired) electrons. The van der Waals surface area contributed by atoms with Crippen molar-refractivity contribution in [1.82, 2.24) is 14.5 Å². The minimum absolute atomic E-state index is 0.279. The van der Waals surface area contributed by atoms with Crippen molar-refractivity contribution >= 4 is 5.84 Å². The molecule has 3 N–H and O–H groups in total. The average molecular weight is 225 g/mol. The molecule has 90 valence electrons. The first-order valence-electron chi connectivity index (χ1n) is 5.33. The summed E-state index contributed by atoms with van der Waals surface area (Å²) in [5, 5.41) is 11.3. The summed E-state index contributed by atoms with van der Waals surface area (Å²) >= 11 is 0. The van der Waals surface area contributed by atoms with E-state index >= 15 is 0 Å². The third kappa shape index (κ3) is 4.79. The summed E-state index contributed by atoms with van der Waals surface area (Å²) in [6.07, 6.45) is 7.20. The van der Waals surface area contributed by atoms with Crippen molar-refractivity contribution in [2.75, 3.05) is 20.1 Å². The molecule has 1 aromatic rings. The van der Waals surface area contributed by atoms with E-state index in [1.807, 2.05) is 19.6 Å². The van der Waals surface area contributed by atoms with Gasteiger partial charge in [0.2, 0.25) is 0 Å². The van der Waals surface area contributed by atoms with Gasteiger partial charge in [0, 0.05) is 31.9 Å². The molecule has 1 heterocycles. The van der Waals surface area contributed by atoms with E-state index < -0.39 is 0 Å². The highest BCUT2D eigenvalue weighted by Crippen LogP contribution is 1.94. The molecule has 16 heavy (non-hydrogen) atoms. The molecule has 0 aromatic carbocycles. The summed E-state index contributed by atoms with van der Waals surface area (Å²) in [5.41, 5.74) is 5.39. The zero-order chi connectivity index (χ0) is 11.8. The fourth-order valence-electron chi connectivity index (χ4n) is 1.41. The molecule has 0 bridgehead atoms.